The van der Waals surface area contributed by atoms with E-state index in [1.54, 1.807) is 6.92 Å². The molecule has 0 heterocycles. The zero-order valence-corrected chi connectivity index (χ0v) is 7.98. The van der Waals surface area contributed by atoms with Gasteiger partial charge < -0.3 is 5.73 Å². The molecule has 76 valence electrons. The number of nitro groups is 1. The van der Waals surface area contributed by atoms with E-state index in [9.17, 15) is 14.9 Å². The Bertz CT molecular complexity index is 483. The average Bonchev–Trinajstić information content (AvgIpc) is 2.15. The smallest absolute Gasteiger partial charge is 0.293 e. The van der Waals surface area contributed by atoms with Gasteiger partial charge in [0.1, 0.15) is 0 Å². The molecule has 0 aliphatic heterocycles. The van der Waals surface area contributed by atoms with Crippen molar-refractivity contribution in [3.63, 3.8) is 0 Å². The molecular formula is C10H8N2O3. The summed E-state index contributed by atoms with van der Waals surface area (Å²) >= 11 is 0. The van der Waals surface area contributed by atoms with E-state index < -0.39 is 10.8 Å². The molecular weight excluding hydrogens is 196 g/mol. The molecule has 0 radical (unpaired) electrons. The first-order valence-corrected chi connectivity index (χ1v) is 4.07. The van der Waals surface area contributed by atoms with E-state index in [1.807, 2.05) is 0 Å². The van der Waals surface area contributed by atoms with Crippen LogP contribution in [0, 0.1) is 28.9 Å². The highest BCUT2D eigenvalue weighted by molar-refractivity contribution is 5.92. The molecule has 2 N–H and O–H groups in total. The number of carbonyl (C=O) groups excluding carboxylic acids is 1. The summed E-state index contributed by atoms with van der Waals surface area (Å²) < 4.78 is 0. The van der Waals surface area contributed by atoms with Crippen molar-refractivity contribution in [3.05, 3.63) is 39.4 Å². The van der Waals surface area contributed by atoms with Crippen LogP contribution >= 0.6 is 0 Å². The Morgan fingerprint density at radius 3 is 2.67 bits per heavy atom. The second-order valence-corrected chi connectivity index (χ2v) is 2.87. The minimum Gasteiger partial charge on any atom is -0.359 e. The molecule has 0 fully saturated rings. The van der Waals surface area contributed by atoms with Crippen molar-refractivity contribution in [3.8, 4) is 11.8 Å². The van der Waals surface area contributed by atoms with E-state index >= 15 is 0 Å². The zero-order valence-electron chi connectivity index (χ0n) is 7.98. The lowest BCUT2D eigenvalue weighted by Crippen LogP contribution is -2.06. The van der Waals surface area contributed by atoms with Gasteiger partial charge in [-0.1, -0.05) is 5.92 Å². The van der Waals surface area contributed by atoms with Crippen molar-refractivity contribution in [2.45, 2.75) is 6.92 Å². The summed E-state index contributed by atoms with van der Waals surface area (Å²) in [6.45, 7) is 1.68. The minimum atomic E-state index is -0.729. The van der Waals surface area contributed by atoms with Gasteiger partial charge in [-0.25, -0.2) is 0 Å². The number of nitrogens with zero attached hydrogens (tertiary/aromatic N) is 1. The number of benzene rings is 1. The third-order valence-corrected chi connectivity index (χ3v) is 1.74. The van der Waals surface area contributed by atoms with Gasteiger partial charge in [0.2, 0.25) is 0 Å². The fraction of sp³-hybridized carbons (Fsp3) is 0.100. The quantitative estimate of drug-likeness (QED) is 0.415. The number of rotatable bonds is 1. The Kier molecular flexibility index (Phi) is 3.03. The van der Waals surface area contributed by atoms with Gasteiger partial charge in [-0.15, -0.1) is 0 Å². The fourth-order valence-corrected chi connectivity index (χ4v) is 1.03. The maximum Gasteiger partial charge on any atom is 0.293 e. The Morgan fingerprint density at radius 2 is 2.20 bits per heavy atom. The molecule has 0 saturated carbocycles. The van der Waals surface area contributed by atoms with Crippen molar-refractivity contribution in [1.29, 1.82) is 0 Å². The van der Waals surface area contributed by atoms with E-state index in [4.69, 9.17) is 5.73 Å². The highest BCUT2D eigenvalue weighted by atomic mass is 16.6. The van der Waals surface area contributed by atoms with Gasteiger partial charge in [0.15, 0.2) is 0 Å². The highest BCUT2D eigenvalue weighted by Gasteiger charge is 2.06. The lowest BCUT2D eigenvalue weighted by molar-refractivity contribution is -0.384. The normalized spacial score (nSPS) is 8.87. The maximum atomic E-state index is 10.4. The summed E-state index contributed by atoms with van der Waals surface area (Å²) in [5.41, 5.74) is 6.04. The molecule has 0 saturated heterocycles. The van der Waals surface area contributed by atoms with E-state index in [2.05, 4.69) is 11.8 Å². The summed E-state index contributed by atoms with van der Waals surface area (Å²) in [4.78, 5) is 20.3. The number of carbonyl (C=O) groups is 1. The first-order valence-electron chi connectivity index (χ1n) is 4.07. The van der Waals surface area contributed by atoms with Crippen LogP contribution in [0.1, 0.15) is 11.1 Å². The molecule has 0 bridgehead atoms. The van der Waals surface area contributed by atoms with E-state index in [1.165, 1.54) is 18.2 Å². The van der Waals surface area contributed by atoms with Gasteiger partial charge in [-0.2, -0.15) is 0 Å². The Hall–Kier alpha value is -2.35. The largest absolute Gasteiger partial charge is 0.359 e. The number of hydrogen-bond acceptors (Lipinski definition) is 3. The van der Waals surface area contributed by atoms with Crippen molar-refractivity contribution in [1.82, 2.24) is 0 Å². The topological polar surface area (TPSA) is 86.2 Å². The predicted octanol–water partition coefficient (Wildman–Crippen LogP) is 0.740. The third kappa shape index (κ3) is 2.81. The second-order valence-electron chi connectivity index (χ2n) is 2.87. The van der Waals surface area contributed by atoms with E-state index in [-0.39, 0.29) is 5.69 Å². The number of nitro benzene ring substituents is 1. The van der Waals surface area contributed by atoms with Gasteiger partial charge in [0, 0.05) is 17.7 Å². The van der Waals surface area contributed by atoms with Crippen molar-refractivity contribution in [2.24, 2.45) is 5.73 Å². The van der Waals surface area contributed by atoms with E-state index in [0.29, 0.717) is 11.1 Å². The minimum absolute atomic E-state index is 0.00266. The Labute approximate surface area is 86.0 Å². The number of amides is 1. The Balaban J connectivity index is 3.10. The summed E-state index contributed by atoms with van der Waals surface area (Å²) in [7, 11) is 0. The van der Waals surface area contributed by atoms with Crippen molar-refractivity contribution in [2.75, 3.05) is 0 Å². The molecule has 1 aromatic rings. The number of hydrogen-bond donors (Lipinski definition) is 1. The van der Waals surface area contributed by atoms with Crippen molar-refractivity contribution < 1.29 is 9.72 Å². The molecule has 15 heavy (non-hydrogen) atoms. The molecule has 0 spiro atoms. The fourth-order valence-electron chi connectivity index (χ4n) is 1.03. The molecule has 0 aromatic heterocycles. The molecule has 1 aromatic carbocycles. The molecule has 1 rings (SSSR count). The zero-order chi connectivity index (χ0) is 11.4. The van der Waals surface area contributed by atoms with Gasteiger partial charge in [-0.3, -0.25) is 14.9 Å². The lowest BCUT2D eigenvalue weighted by Gasteiger charge is -1.96. The highest BCUT2D eigenvalue weighted by Crippen LogP contribution is 2.15. The van der Waals surface area contributed by atoms with Crippen LogP contribution in [0.5, 0.6) is 0 Å². The molecule has 1 amide bonds. The van der Waals surface area contributed by atoms with Crippen LogP contribution in [0.2, 0.25) is 0 Å². The van der Waals surface area contributed by atoms with Gasteiger partial charge >= 0.3 is 0 Å². The van der Waals surface area contributed by atoms with Crippen molar-refractivity contribution >= 4 is 11.6 Å². The molecule has 0 aliphatic carbocycles. The Morgan fingerprint density at radius 1 is 1.53 bits per heavy atom. The number of non-ortho nitro benzene ring substituents is 1. The predicted molar refractivity (Wildman–Crippen MR) is 53.9 cm³/mol. The van der Waals surface area contributed by atoms with Crippen LogP contribution in [0.25, 0.3) is 0 Å². The monoisotopic (exact) mass is 204 g/mol. The average molecular weight is 204 g/mol. The van der Waals surface area contributed by atoms with Gasteiger partial charge in [0.05, 0.1) is 4.92 Å². The van der Waals surface area contributed by atoms with E-state index in [0.717, 1.165) is 0 Å². The molecule has 0 unspecified atom stereocenters. The lowest BCUT2D eigenvalue weighted by atomic mass is 10.1. The number of aryl methyl sites for hydroxylation is 1. The summed E-state index contributed by atoms with van der Waals surface area (Å²) in [5, 5.41) is 10.4. The summed E-state index contributed by atoms with van der Waals surface area (Å²) in [5.74, 6) is 3.97. The van der Waals surface area contributed by atoms with Crippen LogP contribution in [0.3, 0.4) is 0 Å². The standard InChI is InChI=1S/C10H8N2O3/c1-7-6-9(12(14)15)4-2-8(7)3-5-10(11)13/h2,4,6H,1H3,(H2,11,13). The molecule has 5 heteroatoms. The number of nitrogens with two attached hydrogens (primary N) is 1. The molecule has 0 atom stereocenters. The van der Waals surface area contributed by atoms with Crippen LogP contribution < -0.4 is 5.73 Å². The maximum absolute atomic E-state index is 10.4. The van der Waals surface area contributed by atoms with Crippen LogP contribution in [0.15, 0.2) is 18.2 Å². The van der Waals surface area contributed by atoms with Gasteiger partial charge in [0.25, 0.3) is 11.6 Å². The molecule has 0 aliphatic rings. The second kappa shape index (κ2) is 4.24. The summed E-state index contributed by atoms with van der Waals surface area (Å²) in [6, 6.07) is 4.21. The molecule has 5 nitrogen and oxygen atoms in total. The van der Waals surface area contributed by atoms with Crippen LogP contribution in [-0.4, -0.2) is 10.8 Å². The first-order chi connectivity index (χ1) is 7.00. The first kappa shape index (κ1) is 10.7. The number of primary amides is 1. The summed E-state index contributed by atoms with van der Waals surface area (Å²) in [6.07, 6.45) is 0. The van der Waals surface area contributed by atoms with Crippen LogP contribution in [0.4, 0.5) is 5.69 Å². The third-order valence-electron chi connectivity index (χ3n) is 1.74. The van der Waals surface area contributed by atoms with Crippen LogP contribution in [-0.2, 0) is 4.79 Å². The SMILES string of the molecule is Cc1cc([N+](=O)[O-])ccc1C#CC(N)=O. The van der Waals surface area contributed by atoms with Gasteiger partial charge in [-0.05, 0) is 24.5 Å².